The molecular weight excluding hydrogens is 317 g/mol. The molecule has 0 rings (SSSR count). The molecule has 0 spiro atoms. The highest BCUT2D eigenvalue weighted by Crippen LogP contribution is 2.38. The van der Waals surface area contributed by atoms with E-state index in [1.807, 2.05) is 0 Å². The molecule has 0 aromatic rings. The van der Waals surface area contributed by atoms with E-state index < -0.39 is 35.7 Å². The molecule has 2 N–H and O–H groups in total. The van der Waals surface area contributed by atoms with Crippen molar-refractivity contribution in [1.29, 1.82) is 0 Å². The number of aliphatic hydroxyl groups excluding tert-OH is 1. The summed E-state index contributed by atoms with van der Waals surface area (Å²) in [7, 11) is -1.36. The molecule has 0 aliphatic heterocycles. The first-order chi connectivity index (χ1) is 9.70. The zero-order valence-electron chi connectivity index (χ0n) is 11.7. The highest BCUT2D eigenvalue weighted by atomic mass is 32.2. The molecule has 21 heavy (non-hydrogen) atoms. The van der Waals surface area contributed by atoms with Gasteiger partial charge in [-0.3, -0.25) is 4.21 Å². The second-order valence-electron chi connectivity index (χ2n) is 4.69. The molecule has 0 radical (unpaired) electrons. The zero-order chi connectivity index (χ0) is 16.4. The number of hydrogen-bond donors (Lipinski definition) is 2. The van der Waals surface area contributed by atoms with Crippen molar-refractivity contribution >= 4 is 10.8 Å². The Kier molecular flexibility index (Phi) is 10.3. The molecule has 0 heterocycles. The van der Waals surface area contributed by atoms with Gasteiger partial charge in [-0.05, 0) is 38.8 Å². The van der Waals surface area contributed by atoms with Crippen LogP contribution < -0.4 is 5.32 Å². The Morgan fingerprint density at radius 3 is 2.05 bits per heavy atom. The molecular formula is C12H22F5NO2S. The van der Waals surface area contributed by atoms with Crippen molar-refractivity contribution < 1.29 is 31.3 Å². The molecule has 1 unspecified atom stereocenters. The Bertz CT molecular complexity index is 300. The van der Waals surface area contributed by atoms with Crippen LogP contribution in [0.25, 0.3) is 0 Å². The minimum Gasteiger partial charge on any atom is -0.396 e. The van der Waals surface area contributed by atoms with Crippen molar-refractivity contribution in [2.75, 3.05) is 31.2 Å². The maximum absolute atomic E-state index is 12.6. The highest BCUT2D eigenvalue weighted by molar-refractivity contribution is 7.84. The van der Waals surface area contributed by atoms with Gasteiger partial charge in [-0.1, -0.05) is 0 Å². The number of alkyl halides is 5. The molecule has 0 amide bonds. The van der Waals surface area contributed by atoms with Gasteiger partial charge < -0.3 is 10.4 Å². The average molecular weight is 339 g/mol. The fourth-order valence-corrected chi connectivity index (χ4v) is 2.74. The van der Waals surface area contributed by atoms with Crippen LogP contribution in [0.15, 0.2) is 0 Å². The van der Waals surface area contributed by atoms with Crippen LogP contribution in [0.1, 0.15) is 32.1 Å². The SMILES string of the molecule is O=S(CCCCNCCCO)CCCC(F)(F)C(F)(F)F. The molecule has 0 aliphatic carbocycles. The summed E-state index contributed by atoms with van der Waals surface area (Å²) in [6.07, 6.45) is -5.24. The van der Waals surface area contributed by atoms with E-state index in [1.54, 1.807) is 0 Å². The van der Waals surface area contributed by atoms with Gasteiger partial charge in [0.2, 0.25) is 0 Å². The maximum atomic E-state index is 12.6. The second kappa shape index (κ2) is 10.4. The number of rotatable bonds is 12. The van der Waals surface area contributed by atoms with Crippen LogP contribution in [0.2, 0.25) is 0 Å². The first-order valence-corrected chi connectivity index (χ1v) is 8.30. The van der Waals surface area contributed by atoms with E-state index in [1.165, 1.54) is 0 Å². The maximum Gasteiger partial charge on any atom is 0.453 e. The third kappa shape index (κ3) is 10.1. The number of unbranched alkanes of at least 4 members (excludes halogenated alkanes) is 1. The number of nitrogens with one attached hydrogen (secondary N) is 1. The first kappa shape index (κ1) is 20.7. The quantitative estimate of drug-likeness (QED) is 0.424. The van der Waals surface area contributed by atoms with Crippen LogP contribution >= 0.6 is 0 Å². The molecule has 0 aliphatic rings. The lowest BCUT2D eigenvalue weighted by Gasteiger charge is -2.19. The van der Waals surface area contributed by atoms with Gasteiger partial charge in [0.25, 0.3) is 0 Å². The van der Waals surface area contributed by atoms with Gasteiger partial charge >= 0.3 is 12.1 Å². The van der Waals surface area contributed by atoms with E-state index in [0.717, 1.165) is 6.42 Å². The van der Waals surface area contributed by atoms with Gasteiger partial charge in [0, 0.05) is 35.3 Å². The van der Waals surface area contributed by atoms with Gasteiger partial charge in [-0.2, -0.15) is 22.0 Å². The van der Waals surface area contributed by atoms with E-state index in [-0.39, 0.29) is 12.4 Å². The first-order valence-electron chi connectivity index (χ1n) is 6.82. The summed E-state index contributed by atoms with van der Waals surface area (Å²) in [6, 6.07) is 0. The lowest BCUT2D eigenvalue weighted by atomic mass is 10.2. The van der Waals surface area contributed by atoms with E-state index in [9.17, 15) is 26.2 Å². The Morgan fingerprint density at radius 2 is 1.48 bits per heavy atom. The van der Waals surface area contributed by atoms with Crippen LogP contribution in [0.3, 0.4) is 0 Å². The van der Waals surface area contributed by atoms with Crippen molar-refractivity contribution in [2.24, 2.45) is 0 Å². The van der Waals surface area contributed by atoms with Gasteiger partial charge in [-0.25, -0.2) is 0 Å². The van der Waals surface area contributed by atoms with Crippen LogP contribution in [-0.2, 0) is 10.8 Å². The molecule has 0 fully saturated rings. The Balaban J connectivity index is 3.60. The van der Waals surface area contributed by atoms with Gasteiger partial charge in [-0.15, -0.1) is 0 Å². The molecule has 3 nitrogen and oxygen atoms in total. The molecule has 0 saturated carbocycles. The van der Waals surface area contributed by atoms with Gasteiger partial charge in [0.1, 0.15) is 0 Å². The second-order valence-corrected chi connectivity index (χ2v) is 6.38. The summed E-state index contributed by atoms with van der Waals surface area (Å²) in [5, 5.41) is 11.6. The molecule has 9 heteroatoms. The predicted molar refractivity (Wildman–Crippen MR) is 71.9 cm³/mol. The minimum absolute atomic E-state index is 0.111. The van der Waals surface area contributed by atoms with Crippen LogP contribution in [0.5, 0.6) is 0 Å². The summed E-state index contributed by atoms with van der Waals surface area (Å²) < 4.78 is 72.3. The van der Waals surface area contributed by atoms with Crippen LogP contribution in [0.4, 0.5) is 22.0 Å². The van der Waals surface area contributed by atoms with Gasteiger partial charge in [0.15, 0.2) is 0 Å². The summed E-state index contributed by atoms with van der Waals surface area (Å²) in [5.74, 6) is -4.53. The van der Waals surface area contributed by atoms with E-state index in [2.05, 4.69) is 5.32 Å². The Labute approximate surface area is 123 Å². The molecule has 0 saturated heterocycles. The molecule has 1 atom stereocenters. The van der Waals surface area contributed by atoms with Crippen LogP contribution in [0, 0.1) is 0 Å². The summed E-state index contributed by atoms with van der Waals surface area (Å²) >= 11 is 0. The summed E-state index contributed by atoms with van der Waals surface area (Å²) in [6.45, 7) is 1.50. The zero-order valence-corrected chi connectivity index (χ0v) is 12.5. The summed E-state index contributed by atoms with van der Waals surface area (Å²) in [5.41, 5.74) is 0. The monoisotopic (exact) mass is 339 g/mol. The largest absolute Gasteiger partial charge is 0.453 e. The topological polar surface area (TPSA) is 49.3 Å². The normalized spacial score (nSPS) is 14.4. The predicted octanol–water partition coefficient (Wildman–Crippen LogP) is 2.47. The Morgan fingerprint density at radius 1 is 0.905 bits per heavy atom. The van der Waals surface area contributed by atoms with E-state index in [4.69, 9.17) is 5.11 Å². The van der Waals surface area contributed by atoms with Crippen LogP contribution in [-0.4, -0.2) is 52.6 Å². The van der Waals surface area contributed by atoms with Crippen molar-refractivity contribution in [3.05, 3.63) is 0 Å². The van der Waals surface area contributed by atoms with E-state index >= 15 is 0 Å². The van der Waals surface area contributed by atoms with Crippen molar-refractivity contribution in [2.45, 2.75) is 44.2 Å². The average Bonchev–Trinajstić information content (AvgIpc) is 2.36. The minimum atomic E-state index is -5.53. The van der Waals surface area contributed by atoms with Crippen molar-refractivity contribution in [1.82, 2.24) is 5.32 Å². The molecule has 0 aromatic carbocycles. The fraction of sp³-hybridized carbons (Fsp3) is 1.00. The third-order valence-corrected chi connectivity index (χ3v) is 4.25. The van der Waals surface area contributed by atoms with Gasteiger partial charge in [0.05, 0.1) is 0 Å². The van der Waals surface area contributed by atoms with Crippen molar-refractivity contribution in [3.8, 4) is 0 Å². The van der Waals surface area contributed by atoms with Crippen molar-refractivity contribution in [3.63, 3.8) is 0 Å². The molecule has 0 aromatic heterocycles. The highest BCUT2D eigenvalue weighted by Gasteiger charge is 2.56. The van der Waals surface area contributed by atoms with E-state index in [0.29, 0.717) is 31.7 Å². The smallest absolute Gasteiger partial charge is 0.396 e. The fourth-order valence-electron chi connectivity index (χ4n) is 1.54. The third-order valence-electron chi connectivity index (χ3n) is 2.76. The molecule has 128 valence electrons. The standard InChI is InChI=1S/C12H22F5NO2S/c13-11(14,12(15,16)17)5-3-10-21(20)9-2-1-6-18-7-4-8-19/h18-19H,1-10H2. The summed E-state index contributed by atoms with van der Waals surface area (Å²) in [4.78, 5) is 0. The lowest BCUT2D eigenvalue weighted by Crippen LogP contribution is -2.36. The molecule has 0 bridgehead atoms. The lowest BCUT2D eigenvalue weighted by molar-refractivity contribution is -0.284. The number of hydrogen-bond acceptors (Lipinski definition) is 3. The number of halogens is 5. The number of aliphatic hydroxyl groups is 1. The Hall–Kier alpha value is -0.280.